The quantitative estimate of drug-likeness (QED) is 0.419. The summed E-state index contributed by atoms with van der Waals surface area (Å²) in [6.07, 6.45) is -2.30. The number of fused-ring (bicyclic) bond motifs is 1. The highest BCUT2D eigenvalue weighted by molar-refractivity contribution is 14.0. The summed E-state index contributed by atoms with van der Waals surface area (Å²) in [7, 11) is 1.62. The zero-order chi connectivity index (χ0) is 16.9. The van der Waals surface area contributed by atoms with Crippen molar-refractivity contribution in [3.8, 4) is 0 Å². The first-order valence-corrected chi connectivity index (χ1v) is 8.30. The van der Waals surface area contributed by atoms with Gasteiger partial charge in [0.15, 0.2) is 5.96 Å². The smallest absolute Gasteiger partial charge is 0.255 e. The molecule has 2 saturated heterocycles. The van der Waals surface area contributed by atoms with Crippen molar-refractivity contribution in [2.75, 3.05) is 39.8 Å². The van der Waals surface area contributed by atoms with E-state index in [9.17, 15) is 8.78 Å². The van der Waals surface area contributed by atoms with Gasteiger partial charge < -0.3 is 15.0 Å². The van der Waals surface area contributed by atoms with Crippen molar-refractivity contribution in [3.05, 3.63) is 35.9 Å². The number of aliphatic imine (C=N–C) groups is 1. The Kier molecular flexibility index (Phi) is 7.82. The van der Waals surface area contributed by atoms with E-state index in [1.165, 1.54) is 5.56 Å². The lowest BCUT2D eigenvalue weighted by Gasteiger charge is -2.36. The zero-order valence-corrected chi connectivity index (χ0v) is 16.6. The molecule has 2 unspecified atom stereocenters. The Hall–Kier alpha value is -1.000. The fraction of sp³-hybridized carbons (Fsp3) is 0.588. The third-order valence-electron chi connectivity index (χ3n) is 4.57. The normalized spacial score (nSPS) is 24.2. The second-order valence-corrected chi connectivity index (χ2v) is 6.16. The molecule has 0 bridgehead atoms. The number of guanidine groups is 1. The molecule has 1 aromatic rings. The Bertz CT molecular complexity index is 561. The van der Waals surface area contributed by atoms with Crippen molar-refractivity contribution in [3.63, 3.8) is 0 Å². The number of likely N-dealkylation sites (tertiary alicyclic amines) is 1. The maximum absolute atomic E-state index is 12.4. The number of rotatable bonds is 4. The van der Waals surface area contributed by atoms with E-state index in [0.717, 1.165) is 19.6 Å². The Morgan fingerprint density at radius 1 is 1.32 bits per heavy atom. The number of morpholine rings is 1. The van der Waals surface area contributed by atoms with Gasteiger partial charge in [-0.2, -0.15) is 0 Å². The van der Waals surface area contributed by atoms with Gasteiger partial charge in [0, 0.05) is 33.2 Å². The van der Waals surface area contributed by atoms with Crippen LogP contribution in [0.2, 0.25) is 0 Å². The van der Waals surface area contributed by atoms with Crippen LogP contribution in [0.3, 0.4) is 0 Å². The minimum Gasteiger partial charge on any atom is -0.373 e. The van der Waals surface area contributed by atoms with E-state index in [1.807, 2.05) is 23.1 Å². The van der Waals surface area contributed by atoms with Crippen LogP contribution in [0.5, 0.6) is 0 Å². The largest absolute Gasteiger partial charge is 0.373 e. The second-order valence-electron chi connectivity index (χ2n) is 6.16. The highest BCUT2D eigenvalue weighted by atomic mass is 127. The third kappa shape index (κ3) is 5.24. The molecule has 2 heterocycles. The van der Waals surface area contributed by atoms with E-state index in [4.69, 9.17) is 4.74 Å². The maximum Gasteiger partial charge on any atom is 0.255 e. The van der Waals surface area contributed by atoms with Crippen molar-refractivity contribution in [1.82, 2.24) is 15.1 Å². The molecule has 1 N–H and O–H groups in total. The van der Waals surface area contributed by atoms with Crippen molar-refractivity contribution in [2.45, 2.75) is 25.1 Å². The fourth-order valence-electron chi connectivity index (χ4n) is 3.45. The first kappa shape index (κ1) is 20.3. The molecule has 2 atom stereocenters. The molecule has 0 radical (unpaired) electrons. The van der Waals surface area contributed by atoms with E-state index in [0.29, 0.717) is 19.1 Å². The molecule has 25 heavy (non-hydrogen) atoms. The number of alkyl halides is 2. The summed E-state index contributed by atoms with van der Waals surface area (Å²) in [5, 5.41) is 2.74. The van der Waals surface area contributed by atoms with Gasteiger partial charge in [-0.25, -0.2) is 8.78 Å². The van der Waals surface area contributed by atoms with Crippen LogP contribution < -0.4 is 5.32 Å². The van der Waals surface area contributed by atoms with E-state index in [2.05, 4.69) is 27.3 Å². The third-order valence-corrected chi connectivity index (χ3v) is 4.57. The molecule has 0 spiro atoms. The molecule has 0 aliphatic carbocycles. The van der Waals surface area contributed by atoms with Gasteiger partial charge in [0.2, 0.25) is 0 Å². The summed E-state index contributed by atoms with van der Waals surface area (Å²) in [6.45, 7) is 3.49. The molecule has 2 aliphatic heterocycles. The number of hydrogen-bond donors (Lipinski definition) is 1. The van der Waals surface area contributed by atoms with Crippen molar-refractivity contribution in [2.24, 2.45) is 4.99 Å². The number of hydrogen-bond acceptors (Lipinski definition) is 3. The van der Waals surface area contributed by atoms with E-state index < -0.39 is 6.43 Å². The molecule has 0 amide bonds. The van der Waals surface area contributed by atoms with Gasteiger partial charge in [0.05, 0.1) is 25.3 Å². The Morgan fingerprint density at radius 2 is 2.08 bits per heavy atom. The number of ether oxygens (including phenoxy) is 1. The average molecular weight is 466 g/mol. The summed E-state index contributed by atoms with van der Waals surface area (Å²) in [5.74, 6) is 0.521. The number of nitrogens with one attached hydrogen (secondary N) is 1. The summed E-state index contributed by atoms with van der Waals surface area (Å²) < 4.78 is 30.8. The van der Waals surface area contributed by atoms with Crippen molar-refractivity contribution >= 4 is 29.9 Å². The van der Waals surface area contributed by atoms with Crippen LogP contribution in [-0.4, -0.2) is 74.2 Å². The first-order chi connectivity index (χ1) is 11.7. The van der Waals surface area contributed by atoms with Crippen LogP contribution >= 0.6 is 24.0 Å². The van der Waals surface area contributed by atoms with Crippen LogP contribution in [-0.2, 0) is 11.3 Å². The summed E-state index contributed by atoms with van der Waals surface area (Å²) in [6, 6.07) is 10.6. The Balaban J connectivity index is 0.00000225. The average Bonchev–Trinajstić information content (AvgIpc) is 3.01. The number of nitrogens with zero attached hydrogens (tertiary/aromatic N) is 3. The standard InChI is InChI=1S/C17H24F2N4O.HI/c1-20-17(21-9-16(18)19)23-11-14-15(12-23)24-8-7-22(14)10-13-5-3-2-4-6-13;/h2-6,14-16H,7-12H2,1H3,(H,20,21);1H. The van der Waals surface area contributed by atoms with Crippen LogP contribution in [0.4, 0.5) is 8.78 Å². The highest BCUT2D eigenvalue weighted by Gasteiger charge is 2.41. The maximum atomic E-state index is 12.4. The van der Waals surface area contributed by atoms with E-state index in [1.54, 1.807) is 7.05 Å². The first-order valence-electron chi connectivity index (χ1n) is 8.30. The lowest BCUT2D eigenvalue weighted by molar-refractivity contribution is -0.0502. The van der Waals surface area contributed by atoms with Crippen LogP contribution in [0, 0.1) is 0 Å². The lowest BCUT2D eigenvalue weighted by Crippen LogP contribution is -2.50. The minimum atomic E-state index is -2.39. The predicted molar refractivity (Wildman–Crippen MR) is 105 cm³/mol. The fourth-order valence-corrected chi connectivity index (χ4v) is 3.45. The summed E-state index contributed by atoms with van der Waals surface area (Å²) in [4.78, 5) is 8.57. The van der Waals surface area contributed by atoms with Gasteiger partial charge in [-0.1, -0.05) is 30.3 Å². The van der Waals surface area contributed by atoms with E-state index >= 15 is 0 Å². The van der Waals surface area contributed by atoms with Gasteiger partial charge >= 0.3 is 0 Å². The SMILES string of the molecule is CN=C(NCC(F)F)N1CC2OCCN(Cc3ccccc3)C2C1.I. The zero-order valence-electron chi connectivity index (χ0n) is 14.3. The number of halogens is 3. The molecule has 3 rings (SSSR count). The molecular formula is C17H25F2IN4O. The minimum absolute atomic E-state index is 0. The van der Waals surface area contributed by atoms with Crippen LogP contribution in [0.15, 0.2) is 35.3 Å². The monoisotopic (exact) mass is 466 g/mol. The van der Waals surface area contributed by atoms with Crippen LogP contribution in [0.1, 0.15) is 5.56 Å². The molecule has 2 aliphatic rings. The molecule has 5 nitrogen and oxygen atoms in total. The molecule has 0 saturated carbocycles. The van der Waals surface area contributed by atoms with Gasteiger partial charge in [0.1, 0.15) is 0 Å². The van der Waals surface area contributed by atoms with Crippen LogP contribution in [0.25, 0.3) is 0 Å². The van der Waals surface area contributed by atoms with Crippen molar-refractivity contribution < 1.29 is 13.5 Å². The molecule has 8 heteroatoms. The second kappa shape index (κ2) is 9.63. The lowest BCUT2D eigenvalue weighted by atomic mass is 10.1. The molecule has 0 aromatic heterocycles. The van der Waals surface area contributed by atoms with Crippen molar-refractivity contribution in [1.29, 1.82) is 0 Å². The molecule has 1 aromatic carbocycles. The number of benzene rings is 1. The molecular weight excluding hydrogens is 441 g/mol. The summed E-state index contributed by atoms with van der Waals surface area (Å²) >= 11 is 0. The highest BCUT2D eigenvalue weighted by Crippen LogP contribution is 2.24. The topological polar surface area (TPSA) is 40.1 Å². The summed E-state index contributed by atoms with van der Waals surface area (Å²) in [5.41, 5.74) is 1.27. The molecule has 2 fully saturated rings. The van der Waals surface area contributed by atoms with Gasteiger partial charge in [-0.15, -0.1) is 24.0 Å². The Labute approximate surface area is 164 Å². The van der Waals surface area contributed by atoms with Gasteiger partial charge in [0.25, 0.3) is 6.43 Å². The predicted octanol–water partition coefficient (Wildman–Crippen LogP) is 2.03. The van der Waals surface area contributed by atoms with E-state index in [-0.39, 0.29) is 42.7 Å². The van der Waals surface area contributed by atoms with Gasteiger partial charge in [-0.3, -0.25) is 9.89 Å². The Morgan fingerprint density at radius 3 is 2.76 bits per heavy atom. The molecule has 140 valence electrons. The van der Waals surface area contributed by atoms with Gasteiger partial charge in [-0.05, 0) is 5.56 Å².